The summed E-state index contributed by atoms with van der Waals surface area (Å²) in [6.07, 6.45) is 1.82. The van der Waals surface area contributed by atoms with Crippen molar-refractivity contribution in [2.24, 2.45) is 0 Å². The number of aryl methyl sites for hydroxylation is 1. The van der Waals surface area contributed by atoms with Gasteiger partial charge in [-0.3, -0.25) is 4.79 Å². The average Bonchev–Trinajstić information content (AvgIpc) is 2.92. The van der Waals surface area contributed by atoms with Crippen molar-refractivity contribution < 1.29 is 9.59 Å². The summed E-state index contributed by atoms with van der Waals surface area (Å²) in [6.45, 7) is 0.653. The Balaban J connectivity index is 1.37. The smallest absolute Gasteiger partial charge is 0.319 e. The topological polar surface area (TPSA) is 61.4 Å². The first-order chi connectivity index (χ1) is 17.2. The molecule has 174 valence electrons. The first kappa shape index (κ1) is 22.4. The third kappa shape index (κ3) is 5.09. The lowest BCUT2D eigenvalue weighted by Gasteiger charge is -2.30. The molecule has 5 nitrogen and oxygen atoms in total. The van der Waals surface area contributed by atoms with Crippen LogP contribution in [0.25, 0.3) is 0 Å². The van der Waals surface area contributed by atoms with Crippen LogP contribution in [0.15, 0.2) is 109 Å². The molecule has 0 unspecified atom stereocenters. The summed E-state index contributed by atoms with van der Waals surface area (Å²) in [5, 5.41) is 6.08. The molecule has 0 atom stereocenters. The highest BCUT2D eigenvalue weighted by molar-refractivity contribution is 6.07. The summed E-state index contributed by atoms with van der Waals surface area (Å²) >= 11 is 0. The Hall–Kier alpha value is -4.38. The molecule has 0 saturated carbocycles. The van der Waals surface area contributed by atoms with E-state index in [-0.39, 0.29) is 18.0 Å². The number of fused-ring (bicyclic) bond motifs is 1. The zero-order valence-corrected chi connectivity index (χ0v) is 19.4. The number of benzene rings is 4. The predicted octanol–water partition coefficient (Wildman–Crippen LogP) is 6.19. The molecule has 5 heteroatoms. The summed E-state index contributed by atoms with van der Waals surface area (Å²) in [5.41, 5.74) is 5.26. The summed E-state index contributed by atoms with van der Waals surface area (Å²) < 4.78 is 0. The van der Waals surface area contributed by atoms with Crippen LogP contribution in [0.2, 0.25) is 0 Å². The Kier molecular flexibility index (Phi) is 6.57. The maximum Gasteiger partial charge on any atom is 0.319 e. The highest BCUT2D eigenvalue weighted by Gasteiger charge is 2.24. The summed E-state index contributed by atoms with van der Waals surface area (Å²) in [5.74, 6) is -0.0265. The second-order valence-corrected chi connectivity index (χ2v) is 8.62. The molecule has 0 saturated heterocycles. The first-order valence-electron chi connectivity index (χ1n) is 11.9. The van der Waals surface area contributed by atoms with Gasteiger partial charge < -0.3 is 15.5 Å². The van der Waals surface area contributed by atoms with Crippen molar-refractivity contribution in [1.82, 2.24) is 5.32 Å². The monoisotopic (exact) mass is 461 g/mol. The van der Waals surface area contributed by atoms with Crippen molar-refractivity contribution in [3.05, 3.63) is 131 Å². The normalized spacial score (nSPS) is 12.7. The van der Waals surface area contributed by atoms with Crippen molar-refractivity contribution in [2.45, 2.75) is 18.9 Å². The molecule has 5 rings (SSSR count). The van der Waals surface area contributed by atoms with Gasteiger partial charge in [-0.25, -0.2) is 4.79 Å². The van der Waals surface area contributed by atoms with Gasteiger partial charge in [-0.05, 0) is 53.8 Å². The van der Waals surface area contributed by atoms with Crippen molar-refractivity contribution in [3.63, 3.8) is 0 Å². The van der Waals surface area contributed by atoms with Crippen LogP contribution in [-0.4, -0.2) is 18.5 Å². The lowest BCUT2D eigenvalue weighted by atomic mass is 9.99. The summed E-state index contributed by atoms with van der Waals surface area (Å²) in [7, 11) is 0. The number of hydrogen-bond donors (Lipinski definition) is 2. The fourth-order valence-electron chi connectivity index (χ4n) is 4.55. The molecule has 0 bridgehead atoms. The number of anilines is 2. The minimum absolute atomic E-state index is 0.0265. The van der Waals surface area contributed by atoms with Crippen LogP contribution in [0.5, 0.6) is 0 Å². The number of hydrogen-bond acceptors (Lipinski definition) is 2. The van der Waals surface area contributed by atoms with Gasteiger partial charge in [-0.2, -0.15) is 0 Å². The zero-order valence-electron chi connectivity index (χ0n) is 19.4. The van der Waals surface area contributed by atoms with E-state index >= 15 is 0 Å². The molecule has 35 heavy (non-hydrogen) atoms. The Morgan fingerprint density at radius 1 is 0.743 bits per heavy atom. The molecule has 4 aromatic carbocycles. The van der Waals surface area contributed by atoms with E-state index in [0.717, 1.165) is 35.2 Å². The Bertz CT molecular complexity index is 1270. The molecule has 1 heterocycles. The molecule has 0 aromatic heterocycles. The zero-order chi connectivity index (χ0) is 24.0. The van der Waals surface area contributed by atoms with Crippen LogP contribution in [0.4, 0.5) is 16.2 Å². The molecule has 2 N–H and O–H groups in total. The second kappa shape index (κ2) is 10.3. The number of amides is 3. The Morgan fingerprint density at radius 2 is 1.34 bits per heavy atom. The standard InChI is InChI=1S/C30H27N3O2/c34-29(25-15-8-3-9-16-25)33-20-10-17-22-18-19-26(21-27(22)33)31-30(35)32-28(23-11-4-1-5-12-23)24-13-6-2-7-14-24/h1-9,11-16,18-19,21,28H,10,17,20H2,(H2,31,32,35). The van der Waals surface area contributed by atoms with Crippen molar-refractivity contribution >= 4 is 23.3 Å². The molecule has 0 radical (unpaired) electrons. The molecule has 1 aliphatic rings. The van der Waals surface area contributed by atoms with Gasteiger partial charge in [-0.1, -0.05) is 84.9 Å². The SMILES string of the molecule is O=C(Nc1ccc2c(c1)N(C(=O)c1ccccc1)CCC2)NC(c1ccccc1)c1ccccc1. The van der Waals surface area contributed by atoms with Crippen molar-refractivity contribution in [3.8, 4) is 0 Å². The molecule has 0 fully saturated rings. The fourth-order valence-corrected chi connectivity index (χ4v) is 4.55. The van der Waals surface area contributed by atoms with Gasteiger partial charge in [0.1, 0.15) is 0 Å². The van der Waals surface area contributed by atoms with Crippen molar-refractivity contribution in [1.29, 1.82) is 0 Å². The number of rotatable bonds is 5. The fraction of sp³-hybridized carbons (Fsp3) is 0.133. The maximum absolute atomic E-state index is 13.2. The lowest BCUT2D eigenvalue weighted by molar-refractivity contribution is 0.0985. The molecular formula is C30H27N3O2. The summed E-state index contributed by atoms with van der Waals surface area (Å²) in [4.78, 5) is 28.1. The number of nitrogens with zero attached hydrogens (tertiary/aromatic N) is 1. The average molecular weight is 462 g/mol. The van der Waals surface area contributed by atoms with Crippen LogP contribution >= 0.6 is 0 Å². The van der Waals surface area contributed by atoms with Crippen LogP contribution in [0.1, 0.15) is 39.5 Å². The lowest BCUT2D eigenvalue weighted by Crippen LogP contribution is -2.36. The molecule has 4 aromatic rings. The predicted molar refractivity (Wildman–Crippen MR) is 140 cm³/mol. The first-order valence-corrected chi connectivity index (χ1v) is 11.9. The van der Waals surface area contributed by atoms with Crippen LogP contribution in [0, 0.1) is 0 Å². The van der Waals surface area contributed by atoms with Gasteiger partial charge in [0.05, 0.1) is 6.04 Å². The van der Waals surface area contributed by atoms with E-state index in [4.69, 9.17) is 0 Å². The van der Waals surface area contributed by atoms with E-state index in [2.05, 4.69) is 10.6 Å². The summed E-state index contributed by atoms with van der Waals surface area (Å²) in [6, 6.07) is 34.3. The largest absolute Gasteiger partial charge is 0.327 e. The molecule has 0 aliphatic carbocycles. The number of carbonyl (C=O) groups is 2. The quantitative estimate of drug-likeness (QED) is 0.372. The maximum atomic E-state index is 13.2. The Morgan fingerprint density at radius 3 is 1.97 bits per heavy atom. The van der Waals surface area contributed by atoms with Gasteiger partial charge in [0, 0.05) is 23.5 Å². The number of carbonyl (C=O) groups excluding carboxylic acids is 2. The van der Waals surface area contributed by atoms with Crippen LogP contribution in [-0.2, 0) is 6.42 Å². The van der Waals surface area contributed by atoms with Gasteiger partial charge in [-0.15, -0.1) is 0 Å². The van der Waals surface area contributed by atoms with Crippen molar-refractivity contribution in [2.75, 3.05) is 16.8 Å². The highest BCUT2D eigenvalue weighted by atomic mass is 16.2. The molecule has 0 spiro atoms. The number of urea groups is 1. The number of nitrogens with one attached hydrogen (secondary N) is 2. The van der Waals surface area contributed by atoms with Crippen LogP contribution < -0.4 is 15.5 Å². The van der Waals surface area contributed by atoms with Crippen LogP contribution in [0.3, 0.4) is 0 Å². The van der Waals surface area contributed by atoms with E-state index in [1.54, 1.807) is 0 Å². The molecular weight excluding hydrogens is 434 g/mol. The minimum atomic E-state index is -0.306. The third-order valence-electron chi connectivity index (χ3n) is 6.27. The van der Waals surface area contributed by atoms with Gasteiger partial charge >= 0.3 is 6.03 Å². The van der Waals surface area contributed by atoms with Gasteiger partial charge in [0.15, 0.2) is 0 Å². The Labute approximate surface area is 205 Å². The van der Waals surface area contributed by atoms with Gasteiger partial charge in [0.2, 0.25) is 0 Å². The highest BCUT2D eigenvalue weighted by Crippen LogP contribution is 2.31. The van der Waals surface area contributed by atoms with E-state index in [0.29, 0.717) is 17.8 Å². The van der Waals surface area contributed by atoms with Gasteiger partial charge in [0.25, 0.3) is 5.91 Å². The molecule has 1 aliphatic heterocycles. The minimum Gasteiger partial charge on any atom is -0.327 e. The van der Waals surface area contributed by atoms with E-state index in [1.165, 1.54) is 0 Å². The van der Waals surface area contributed by atoms with E-state index in [9.17, 15) is 9.59 Å². The van der Waals surface area contributed by atoms with E-state index in [1.807, 2.05) is 114 Å². The van der Waals surface area contributed by atoms with E-state index < -0.39 is 0 Å². The second-order valence-electron chi connectivity index (χ2n) is 8.62. The third-order valence-corrected chi connectivity index (χ3v) is 6.27. The molecule has 3 amide bonds.